The lowest BCUT2D eigenvalue weighted by atomic mass is 9.63. The van der Waals surface area contributed by atoms with Crippen LogP contribution in [0.4, 0.5) is 5.69 Å². The van der Waals surface area contributed by atoms with E-state index in [4.69, 9.17) is 4.74 Å². The topological polar surface area (TPSA) is 70.2 Å². The van der Waals surface area contributed by atoms with E-state index in [1.807, 2.05) is 29.2 Å². The molecule has 2 bridgehead atoms. The third-order valence-electron chi connectivity index (χ3n) is 7.45. The normalized spacial score (nSPS) is 29.5. The molecule has 4 atom stereocenters. The van der Waals surface area contributed by atoms with Crippen molar-refractivity contribution in [3.05, 3.63) is 36.4 Å². The van der Waals surface area contributed by atoms with Crippen LogP contribution in [-0.2, 0) is 14.4 Å². The van der Waals surface area contributed by atoms with E-state index in [0.717, 1.165) is 37.4 Å². The van der Waals surface area contributed by atoms with Crippen molar-refractivity contribution in [2.24, 2.45) is 23.7 Å². The van der Waals surface area contributed by atoms with Crippen LogP contribution < -0.4 is 9.64 Å². The van der Waals surface area contributed by atoms with Gasteiger partial charge in [0.15, 0.2) is 0 Å². The Morgan fingerprint density at radius 2 is 1.65 bits per heavy atom. The summed E-state index contributed by atoms with van der Waals surface area (Å²) in [4.78, 5) is 44.1. The summed E-state index contributed by atoms with van der Waals surface area (Å²) in [6.45, 7) is 2.98. The van der Waals surface area contributed by atoms with Gasteiger partial charge in [-0.05, 0) is 36.8 Å². The van der Waals surface area contributed by atoms with Crippen molar-refractivity contribution in [2.45, 2.75) is 19.3 Å². The molecule has 3 aliphatic carbocycles. The molecule has 1 aromatic carbocycles. The predicted molar refractivity (Wildman–Crippen MR) is 115 cm³/mol. The Kier molecular flexibility index (Phi) is 5.20. The molecule has 7 heteroatoms. The lowest BCUT2D eigenvalue weighted by Gasteiger charge is -2.38. The second-order valence-electron chi connectivity index (χ2n) is 8.99. The van der Waals surface area contributed by atoms with Crippen LogP contribution in [0.5, 0.6) is 5.75 Å². The van der Waals surface area contributed by atoms with E-state index < -0.39 is 0 Å². The average Bonchev–Trinajstić information content (AvgIpc) is 3.10. The van der Waals surface area contributed by atoms with Crippen molar-refractivity contribution in [3.63, 3.8) is 0 Å². The molecule has 1 aromatic rings. The first kappa shape index (κ1) is 20.1. The van der Waals surface area contributed by atoms with Crippen LogP contribution in [0.15, 0.2) is 36.4 Å². The number of piperazine rings is 1. The molecule has 2 aliphatic heterocycles. The number of anilines is 1. The van der Waals surface area contributed by atoms with Crippen molar-refractivity contribution in [2.75, 3.05) is 44.7 Å². The largest absolute Gasteiger partial charge is 0.497 e. The Morgan fingerprint density at radius 3 is 2.23 bits per heavy atom. The minimum atomic E-state index is -0.197. The van der Waals surface area contributed by atoms with E-state index in [1.165, 1.54) is 4.90 Å². The average molecular weight is 424 g/mol. The van der Waals surface area contributed by atoms with E-state index >= 15 is 0 Å². The number of likely N-dealkylation sites (tertiary alicyclic amines) is 1. The molecule has 4 unspecified atom stereocenters. The van der Waals surface area contributed by atoms with E-state index in [0.29, 0.717) is 13.1 Å². The monoisotopic (exact) mass is 423 g/mol. The predicted octanol–water partition coefficient (Wildman–Crippen LogP) is 1.93. The summed E-state index contributed by atoms with van der Waals surface area (Å²) in [6, 6.07) is 7.94. The van der Waals surface area contributed by atoms with Gasteiger partial charge in [-0.3, -0.25) is 19.3 Å². The first-order valence-electron chi connectivity index (χ1n) is 11.3. The van der Waals surface area contributed by atoms with E-state index in [9.17, 15) is 14.4 Å². The van der Waals surface area contributed by atoms with Gasteiger partial charge in [-0.2, -0.15) is 0 Å². The molecule has 0 radical (unpaired) electrons. The minimum Gasteiger partial charge on any atom is -0.497 e. The van der Waals surface area contributed by atoms with Gasteiger partial charge >= 0.3 is 0 Å². The second kappa shape index (κ2) is 8.02. The number of benzene rings is 1. The molecular weight excluding hydrogens is 394 g/mol. The Bertz CT molecular complexity index is 889. The number of carbonyl (C=O) groups excluding carboxylic acids is 3. The molecule has 1 saturated carbocycles. The summed E-state index contributed by atoms with van der Waals surface area (Å²) in [7, 11) is 1.65. The number of methoxy groups -OCH3 is 1. The molecule has 3 amide bonds. The fraction of sp³-hybridized carbons (Fsp3) is 0.542. The number of hydrogen-bond donors (Lipinski definition) is 0. The van der Waals surface area contributed by atoms with Gasteiger partial charge in [-0.15, -0.1) is 0 Å². The van der Waals surface area contributed by atoms with Gasteiger partial charge in [0.05, 0.1) is 18.9 Å². The molecule has 3 fully saturated rings. The summed E-state index contributed by atoms with van der Waals surface area (Å²) in [5.74, 6) is 0.695. The first-order valence-corrected chi connectivity index (χ1v) is 11.3. The van der Waals surface area contributed by atoms with E-state index in [-0.39, 0.29) is 54.4 Å². The number of fused-ring (bicyclic) bond motifs is 1. The highest BCUT2D eigenvalue weighted by molar-refractivity contribution is 6.06. The van der Waals surface area contributed by atoms with Crippen LogP contribution in [0.25, 0.3) is 0 Å². The molecule has 0 N–H and O–H groups in total. The van der Waals surface area contributed by atoms with Crippen LogP contribution >= 0.6 is 0 Å². The van der Waals surface area contributed by atoms with Gasteiger partial charge < -0.3 is 14.5 Å². The maximum atomic E-state index is 12.9. The molecule has 6 rings (SSSR count). The highest BCUT2D eigenvalue weighted by Gasteiger charge is 2.56. The molecule has 7 nitrogen and oxygen atoms in total. The zero-order valence-electron chi connectivity index (χ0n) is 17.9. The zero-order chi connectivity index (χ0) is 21.5. The van der Waals surface area contributed by atoms with Crippen LogP contribution in [0.1, 0.15) is 19.3 Å². The van der Waals surface area contributed by atoms with Gasteiger partial charge in [0, 0.05) is 50.9 Å². The quantitative estimate of drug-likeness (QED) is 0.535. The number of hydrogen-bond acceptors (Lipinski definition) is 5. The van der Waals surface area contributed by atoms with Crippen molar-refractivity contribution in [1.82, 2.24) is 9.80 Å². The number of imide groups is 1. The third kappa shape index (κ3) is 3.50. The molecule has 0 aromatic heterocycles. The summed E-state index contributed by atoms with van der Waals surface area (Å²) in [5, 5.41) is 0. The highest BCUT2D eigenvalue weighted by atomic mass is 16.5. The summed E-state index contributed by atoms with van der Waals surface area (Å²) >= 11 is 0. The Morgan fingerprint density at radius 1 is 1.00 bits per heavy atom. The van der Waals surface area contributed by atoms with Crippen molar-refractivity contribution in [1.29, 1.82) is 0 Å². The Hall–Kier alpha value is -2.83. The molecular formula is C24H29N3O4. The van der Waals surface area contributed by atoms with Gasteiger partial charge in [0.25, 0.3) is 0 Å². The van der Waals surface area contributed by atoms with Gasteiger partial charge in [0.2, 0.25) is 17.7 Å². The van der Waals surface area contributed by atoms with Gasteiger partial charge in [-0.25, -0.2) is 0 Å². The first-order chi connectivity index (χ1) is 15.1. The summed E-state index contributed by atoms with van der Waals surface area (Å²) < 4.78 is 5.30. The number of amides is 3. The van der Waals surface area contributed by atoms with Gasteiger partial charge in [-0.1, -0.05) is 18.2 Å². The lowest BCUT2D eigenvalue weighted by molar-refractivity contribution is -0.141. The summed E-state index contributed by atoms with van der Waals surface area (Å²) in [5.41, 5.74) is 1.09. The minimum absolute atomic E-state index is 0.0156. The lowest BCUT2D eigenvalue weighted by Crippen LogP contribution is -2.49. The number of rotatable bonds is 5. The van der Waals surface area contributed by atoms with Crippen molar-refractivity contribution < 1.29 is 19.1 Å². The maximum Gasteiger partial charge on any atom is 0.233 e. The number of allylic oxidation sites excluding steroid dienone is 2. The van der Waals surface area contributed by atoms with Crippen LogP contribution in [-0.4, -0.2) is 67.4 Å². The molecule has 2 heterocycles. The summed E-state index contributed by atoms with van der Waals surface area (Å²) in [6.07, 6.45) is 6.43. The van der Waals surface area contributed by atoms with E-state index in [1.54, 1.807) is 7.11 Å². The second-order valence-corrected chi connectivity index (χ2v) is 8.99. The van der Waals surface area contributed by atoms with Crippen LogP contribution in [0.3, 0.4) is 0 Å². The molecule has 0 spiro atoms. The molecule has 5 aliphatic rings. The standard InChI is InChI=1S/C24H29N3O4/c1-31-19-4-2-3-18(15-19)25-11-13-26(14-12-25)20(28)9-10-27-23(29)21-16-5-6-17(8-7-16)22(21)24(27)30/h2-6,15-17,21-22H,7-14H2,1H3. The SMILES string of the molecule is COc1cccc(N2CCN(C(=O)CCN3C(=O)C4C5C=CC(CC5)C4C3=O)CC2)c1. The number of carbonyl (C=O) groups is 3. The third-order valence-corrected chi connectivity index (χ3v) is 7.45. The molecule has 31 heavy (non-hydrogen) atoms. The van der Waals surface area contributed by atoms with Crippen LogP contribution in [0, 0.1) is 23.7 Å². The van der Waals surface area contributed by atoms with Crippen molar-refractivity contribution in [3.8, 4) is 5.75 Å². The van der Waals surface area contributed by atoms with Gasteiger partial charge in [0.1, 0.15) is 5.75 Å². The molecule has 164 valence electrons. The number of nitrogens with zero attached hydrogens (tertiary/aromatic N) is 3. The highest BCUT2D eigenvalue weighted by Crippen LogP contribution is 2.49. The van der Waals surface area contributed by atoms with Crippen molar-refractivity contribution >= 4 is 23.4 Å². The maximum absolute atomic E-state index is 12.9. The Balaban J connectivity index is 1.15. The molecule has 2 saturated heterocycles. The fourth-order valence-electron chi connectivity index (χ4n) is 5.74. The Labute approximate surface area is 182 Å². The fourth-order valence-corrected chi connectivity index (χ4v) is 5.74. The van der Waals surface area contributed by atoms with E-state index in [2.05, 4.69) is 17.1 Å². The zero-order valence-corrected chi connectivity index (χ0v) is 17.9. The van der Waals surface area contributed by atoms with Crippen LogP contribution in [0.2, 0.25) is 0 Å². The smallest absolute Gasteiger partial charge is 0.233 e. The number of ether oxygens (including phenoxy) is 1.